The van der Waals surface area contributed by atoms with Gasteiger partial charge in [0.1, 0.15) is 12.4 Å². The molecule has 0 radical (unpaired) electrons. The van der Waals surface area contributed by atoms with Crippen molar-refractivity contribution >= 4 is 50.9 Å². The molecule has 6 nitrogen and oxygen atoms in total. The number of carbonyl (C=O) groups excluding carboxylic acids is 1. The molecule has 0 N–H and O–H groups in total. The first-order chi connectivity index (χ1) is 20.5. The van der Waals surface area contributed by atoms with Gasteiger partial charge in [0.05, 0.1) is 22.8 Å². The summed E-state index contributed by atoms with van der Waals surface area (Å²) >= 11 is 10.3. The Labute approximate surface area is 261 Å². The van der Waals surface area contributed by atoms with Crippen molar-refractivity contribution in [2.24, 2.45) is 4.99 Å². The number of benzene rings is 3. The van der Waals surface area contributed by atoms with Crippen LogP contribution in [0.25, 0.3) is 6.08 Å². The van der Waals surface area contributed by atoms with Crippen molar-refractivity contribution in [3.05, 3.63) is 129 Å². The van der Waals surface area contributed by atoms with E-state index in [0.29, 0.717) is 20.8 Å². The Morgan fingerprint density at radius 2 is 1.81 bits per heavy atom. The molecule has 0 aliphatic carbocycles. The van der Waals surface area contributed by atoms with Crippen LogP contribution < -0.4 is 19.6 Å². The van der Waals surface area contributed by atoms with Crippen LogP contribution >= 0.6 is 38.9 Å². The summed E-state index contributed by atoms with van der Waals surface area (Å²) in [7, 11) is 0. The zero-order chi connectivity index (χ0) is 30.9. The van der Waals surface area contributed by atoms with Gasteiger partial charge in [-0.05, 0) is 61.4 Å². The number of nitrogens with zero attached hydrogens (tertiary/aromatic N) is 2. The predicted octanol–water partition coefficient (Wildman–Crippen LogP) is 6.64. The third kappa shape index (κ3) is 6.63. The zero-order valence-corrected chi connectivity index (χ0v) is 25.9. The summed E-state index contributed by atoms with van der Waals surface area (Å²) in [5, 5.41) is 0.335. The van der Waals surface area contributed by atoms with Gasteiger partial charge in [-0.15, -0.1) is 0 Å². The maximum absolute atomic E-state index is 14.3. The Morgan fingerprint density at radius 1 is 1.12 bits per heavy atom. The van der Waals surface area contributed by atoms with Crippen LogP contribution in [0.4, 0.5) is 13.2 Å². The number of halogens is 5. The smallest absolute Gasteiger partial charge is 0.434 e. The normalized spacial score (nSPS) is 15.2. The number of alkyl halides is 3. The van der Waals surface area contributed by atoms with Gasteiger partial charge in [0.15, 0.2) is 10.5 Å². The van der Waals surface area contributed by atoms with E-state index in [-0.39, 0.29) is 28.1 Å². The molecule has 1 aliphatic rings. The molecule has 12 heteroatoms. The van der Waals surface area contributed by atoms with Gasteiger partial charge in [0, 0.05) is 15.1 Å². The van der Waals surface area contributed by atoms with Gasteiger partial charge in [0.2, 0.25) is 0 Å². The molecule has 0 saturated carbocycles. The van der Waals surface area contributed by atoms with Crippen molar-refractivity contribution in [2.45, 2.75) is 32.7 Å². The summed E-state index contributed by atoms with van der Waals surface area (Å²) in [5.74, 6) is -0.751. The number of hydrogen-bond donors (Lipinski definition) is 0. The van der Waals surface area contributed by atoms with Crippen molar-refractivity contribution in [2.75, 3.05) is 6.61 Å². The third-order valence-corrected chi connectivity index (χ3v) is 8.28. The standard InChI is InChI=1S/C31H23BrClF3N2O4S/c1-3-41-29(40)25-26(19-8-11-22(33)12-9-19)38-28(39)24(43-30(38)37-27(25)31(34,35)36)15-20-14-21(32)10-13-23(20)42-16-18-6-4-17(2)5-7-18/h4-15,26H,3,16H2,1-2H3/b24-15-/t26-/m0/s1. The number of thiazole rings is 1. The Bertz CT molecular complexity index is 1900. The van der Waals surface area contributed by atoms with Crippen LogP contribution in [0.5, 0.6) is 5.75 Å². The summed E-state index contributed by atoms with van der Waals surface area (Å²) < 4.78 is 56.0. The molecular formula is C31H23BrClF3N2O4S. The summed E-state index contributed by atoms with van der Waals surface area (Å²) in [4.78, 5) is 30.5. The fourth-order valence-corrected chi connectivity index (χ4v) is 6.05. The van der Waals surface area contributed by atoms with E-state index in [4.69, 9.17) is 21.1 Å². The highest BCUT2D eigenvalue weighted by Crippen LogP contribution is 2.38. The molecule has 5 rings (SSSR count). The SMILES string of the molecule is CCOC(=O)C1=C(C(F)(F)F)N=c2s/c(=C\c3cc(Br)ccc3OCc3ccc(C)cc3)c(=O)n2[C@H]1c1ccc(Cl)cc1. The van der Waals surface area contributed by atoms with Crippen molar-refractivity contribution in [3.8, 4) is 5.75 Å². The van der Waals surface area contributed by atoms with Gasteiger partial charge in [0.25, 0.3) is 5.56 Å². The highest BCUT2D eigenvalue weighted by atomic mass is 79.9. The van der Waals surface area contributed by atoms with E-state index in [2.05, 4.69) is 20.9 Å². The number of fused-ring (bicyclic) bond motifs is 1. The van der Waals surface area contributed by atoms with Gasteiger partial charge < -0.3 is 9.47 Å². The van der Waals surface area contributed by atoms with E-state index in [1.165, 1.54) is 31.2 Å². The minimum Gasteiger partial charge on any atom is -0.488 e. The van der Waals surface area contributed by atoms with Crippen LogP contribution in [0.2, 0.25) is 5.02 Å². The molecule has 0 fully saturated rings. The molecule has 0 unspecified atom stereocenters. The summed E-state index contributed by atoms with van der Waals surface area (Å²) in [6.45, 7) is 3.56. The number of aromatic nitrogens is 1. The summed E-state index contributed by atoms with van der Waals surface area (Å²) in [5.41, 5.74) is -0.00961. The van der Waals surface area contributed by atoms with Crippen LogP contribution in [0.15, 0.2) is 92.3 Å². The van der Waals surface area contributed by atoms with Crippen LogP contribution in [0, 0.1) is 6.92 Å². The van der Waals surface area contributed by atoms with Gasteiger partial charge in [-0.1, -0.05) is 80.8 Å². The first kappa shape index (κ1) is 30.8. The molecule has 222 valence electrons. The molecule has 0 amide bonds. The number of rotatable bonds is 7. The van der Waals surface area contributed by atoms with Gasteiger partial charge >= 0.3 is 12.1 Å². The molecule has 0 bridgehead atoms. The molecule has 43 heavy (non-hydrogen) atoms. The summed E-state index contributed by atoms with van der Waals surface area (Å²) in [6.07, 6.45) is -3.46. The lowest BCUT2D eigenvalue weighted by molar-refractivity contribution is -0.140. The monoisotopic (exact) mass is 690 g/mol. The molecule has 1 aromatic heterocycles. The average Bonchev–Trinajstić information content (AvgIpc) is 3.27. The van der Waals surface area contributed by atoms with Gasteiger partial charge in [-0.25, -0.2) is 9.79 Å². The second-order valence-corrected chi connectivity index (χ2v) is 11.9. The highest BCUT2D eigenvalue weighted by molar-refractivity contribution is 9.10. The highest BCUT2D eigenvalue weighted by Gasteiger charge is 2.45. The summed E-state index contributed by atoms with van der Waals surface area (Å²) in [6, 6.07) is 17.5. The molecular weight excluding hydrogens is 669 g/mol. The number of hydrogen-bond acceptors (Lipinski definition) is 6. The van der Waals surface area contributed by atoms with Crippen molar-refractivity contribution in [1.29, 1.82) is 0 Å². The number of esters is 1. The molecule has 3 aromatic carbocycles. The molecule has 1 aliphatic heterocycles. The second kappa shape index (κ2) is 12.5. The van der Waals surface area contributed by atoms with Crippen molar-refractivity contribution in [3.63, 3.8) is 0 Å². The molecule has 0 spiro atoms. The first-order valence-corrected chi connectivity index (χ1v) is 15.0. The third-order valence-electron chi connectivity index (χ3n) is 6.55. The van der Waals surface area contributed by atoms with E-state index in [9.17, 15) is 22.8 Å². The minimum atomic E-state index is -5.00. The quantitative estimate of drug-likeness (QED) is 0.204. The Kier molecular flexibility index (Phi) is 8.96. The maximum Gasteiger partial charge on any atom is 0.434 e. The van der Waals surface area contributed by atoms with Gasteiger partial charge in [-0.2, -0.15) is 13.2 Å². The van der Waals surface area contributed by atoms with Crippen LogP contribution in [0.1, 0.15) is 35.2 Å². The molecule has 1 atom stereocenters. The van der Waals surface area contributed by atoms with Gasteiger partial charge in [-0.3, -0.25) is 9.36 Å². The Hall–Kier alpha value is -3.67. The maximum atomic E-state index is 14.3. The largest absolute Gasteiger partial charge is 0.488 e. The van der Waals surface area contributed by atoms with Crippen molar-refractivity contribution in [1.82, 2.24) is 4.57 Å². The molecule has 2 heterocycles. The lowest BCUT2D eigenvalue weighted by Crippen LogP contribution is -2.41. The first-order valence-electron chi connectivity index (χ1n) is 13.0. The topological polar surface area (TPSA) is 69.9 Å². The zero-order valence-electron chi connectivity index (χ0n) is 22.7. The van der Waals surface area contributed by atoms with E-state index in [1.54, 1.807) is 24.3 Å². The average molecular weight is 692 g/mol. The van der Waals surface area contributed by atoms with E-state index < -0.39 is 35.0 Å². The lowest BCUT2D eigenvalue weighted by Gasteiger charge is -2.26. The number of aryl methyl sites for hydroxylation is 1. The Balaban J connectivity index is 1.68. The van der Waals surface area contributed by atoms with Crippen molar-refractivity contribution < 1.29 is 27.4 Å². The molecule has 0 saturated heterocycles. The minimum absolute atomic E-state index is 0.0997. The molecule has 4 aromatic rings. The fourth-order valence-electron chi connectivity index (χ4n) is 4.55. The Morgan fingerprint density at radius 3 is 2.47 bits per heavy atom. The van der Waals surface area contributed by atoms with Crippen LogP contribution in [-0.2, 0) is 16.1 Å². The van der Waals surface area contributed by atoms with E-state index in [0.717, 1.165) is 27.0 Å². The number of ether oxygens (including phenoxy) is 2. The second-order valence-electron chi connectivity index (χ2n) is 9.57. The van der Waals surface area contributed by atoms with E-state index >= 15 is 0 Å². The number of allylic oxidation sites excluding steroid dienone is 1. The lowest BCUT2D eigenvalue weighted by atomic mass is 9.95. The van der Waals surface area contributed by atoms with E-state index in [1.807, 2.05) is 31.2 Å². The fraction of sp³-hybridized carbons (Fsp3) is 0.194. The predicted molar refractivity (Wildman–Crippen MR) is 162 cm³/mol. The number of carbonyl (C=O) groups is 1. The van der Waals surface area contributed by atoms with Crippen LogP contribution in [-0.4, -0.2) is 23.3 Å². The van der Waals surface area contributed by atoms with Crippen LogP contribution in [0.3, 0.4) is 0 Å².